The molecule has 2 heterocycles. The third-order valence-corrected chi connectivity index (χ3v) is 5.08. The van der Waals surface area contributed by atoms with Crippen LogP contribution in [0.15, 0.2) is 24.3 Å². The first-order valence-corrected chi connectivity index (χ1v) is 7.41. The summed E-state index contributed by atoms with van der Waals surface area (Å²) < 4.78 is 0. The summed E-state index contributed by atoms with van der Waals surface area (Å²) in [5.41, 5.74) is 7.48. The van der Waals surface area contributed by atoms with Crippen LogP contribution in [0, 0.1) is 5.92 Å². The van der Waals surface area contributed by atoms with Crippen molar-refractivity contribution in [3.8, 4) is 5.75 Å². The van der Waals surface area contributed by atoms with Gasteiger partial charge in [0.25, 0.3) is 0 Å². The van der Waals surface area contributed by atoms with Crippen molar-refractivity contribution in [3.63, 3.8) is 0 Å². The van der Waals surface area contributed by atoms with Gasteiger partial charge in [-0.1, -0.05) is 12.1 Å². The number of nitrogens with one attached hydrogen (secondary N) is 3. The van der Waals surface area contributed by atoms with Crippen molar-refractivity contribution in [2.24, 2.45) is 5.92 Å². The van der Waals surface area contributed by atoms with E-state index in [0.717, 1.165) is 5.56 Å². The molecule has 6 heteroatoms. The van der Waals surface area contributed by atoms with Gasteiger partial charge in [0.2, 0.25) is 5.91 Å². The lowest BCUT2D eigenvalue weighted by Crippen LogP contribution is -2.46. The van der Waals surface area contributed by atoms with Crippen molar-refractivity contribution in [3.05, 3.63) is 29.8 Å². The maximum absolute atomic E-state index is 11.7. The first-order chi connectivity index (χ1) is 9.15. The highest BCUT2D eigenvalue weighted by molar-refractivity contribution is 8.00. The van der Waals surface area contributed by atoms with E-state index in [1.807, 2.05) is 12.1 Å². The highest BCUT2D eigenvalue weighted by Crippen LogP contribution is 2.42. The number of rotatable bonds is 1. The second kappa shape index (κ2) is 5.03. The molecule has 0 aromatic heterocycles. The topological polar surface area (TPSA) is 73.4 Å². The summed E-state index contributed by atoms with van der Waals surface area (Å²) in [5, 5.41) is 12.6. The van der Waals surface area contributed by atoms with Crippen molar-refractivity contribution in [1.29, 1.82) is 0 Å². The molecule has 19 heavy (non-hydrogen) atoms. The number of hydrazine groups is 1. The predicted octanol–water partition coefficient (Wildman–Crippen LogP) is 0.735. The second-order valence-electron chi connectivity index (χ2n) is 5.02. The molecule has 2 aliphatic rings. The Labute approximate surface area is 116 Å². The van der Waals surface area contributed by atoms with Crippen LogP contribution in [0.4, 0.5) is 0 Å². The van der Waals surface area contributed by atoms with E-state index in [9.17, 15) is 9.90 Å². The second-order valence-corrected chi connectivity index (χ2v) is 6.15. The SMILES string of the molecule is CC1NNC2NC(=O)CSC(c3ccc(O)cc3)C12. The van der Waals surface area contributed by atoms with Crippen LogP contribution in [-0.2, 0) is 4.79 Å². The van der Waals surface area contributed by atoms with E-state index in [4.69, 9.17) is 0 Å². The Hall–Kier alpha value is -1.24. The standard InChI is InChI=1S/C13H17N3O2S/c1-7-11-12(8-2-4-9(17)5-3-8)19-6-10(18)14-13(11)16-15-7/h2-5,7,11-13,15-17H,6H2,1H3,(H,14,18). The predicted molar refractivity (Wildman–Crippen MR) is 74.5 cm³/mol. The first-order valence-electron chi connectivity index (χ1n) is 6.36. The Morgan fingerprint density at radius 3 is 2.74 bits per heavy atom. The largest absolute Gasteiger partial charge is 0.508 e. The zero-order chi connectivity index (χ0) is 13.4. The molecule has 0 bridgehead atoms. The molecule has 1 amide bonds. The fourth-order valence-corrected chi connectivity index (χ4v) is 4.12. The number of hydrogen-bond acceptors (Lipinski definition) is 5. The normalized spacial score (nSPS) is 34.5. The highest BCUT2D eigenvalue weighted by atomic mass is 32.2. The monoisotopic (exact) mass is 279 g/mol. The lowest BCUT2D eigenvalue weighted by molar-refractivity contribution is -0.119. The Balaban J connectivity index is 1.93. The maximum atomic E-state index is 11.7. The van der Waals surface area contributed by atoms with E-state index in [1.54, 1.807) is 23.9 Å². The number of carbonyl (C=O) groups is 1. The van der Waals surface area contributed by atoms with Crippen LogP contribution >= 0.6 is 11.8 Å². The van der Waals surface area contributed by atoms with E-state index in [1.165, 1.54) is 0 Å². The summed E-state index contributed by atoms with van der Waals surface area (Å²) in [4.78, 5) is 11.7. The Morgan fingerprint density at radius 2 is 2.00 bits per heavy atom. The number of phenolic OH excluding ortho intramolecular Hbond substituents is 1. The molecule has 2 aliphatic heterocycles. The third-order valence-electron chi connectivity index (χ3n) is 3.71. The van der Waals surface area contributed by atoms with Gasteiger partial charge >= 0.3 is 0 Å². The van der Waals surface area contributed by atoms with Crippen molar-refractivity contribution in [2.45, 2.75) is 24.4 Å². The molecule has 4 N–H and O–H groups in total. The quantitative estimate of drug-likeness (QED) is 0.610. The Kier molecular flexibility index (Phi) is 3.38. The van der Waals surface area contributed by atoms with Crippen LogP contribution in [0.1, 0.15) is 17.7 Å². The van der Waals surface area contributed by atoms with Gasteiger partial charge in [-0.2, -0.15) is 0 Å². The number of thioether (sulfide) groups is 1. The third kappa shape index (κ3) is 2.43. The number of carbonyl (C=O) groups excluding carboxylic acids is 1. The van der Waals surface area contributed by atoms with Crippen molar-refractivity contribution in [2.75, 3.05) is 5.75 Å². The van der Waals surface area contributed by atoms with Crippen LogP contribution in [0.25, 0.3) is 0 Å². The fourth-order valence-electron chi connectivity index (χ4n) is 2.75. The van der Waals surface area contributed by atoms with Gasteiger partial charge < -0.3 is 10.4 Å². The molecular weight excluding hydrogens is 262 g/mol. The van der Waals surface area contributed by atoms with Crippen LogP contribution in [-0.4, -0.2) is 29.0 Å². The summed E-state index contributed by atoms with van der Waals surface area (Å²) in [7, 11) is 0. The van der Waals surface area contributed by atoms with Crippen LogP contribution in [0.2, 0.25) is 0 Å². The molecule has 0 saturated carbocycles. The average molecular weight is 279 g/mol. The number of aromatic hydroxyl groups is 1. The minimum Gasteiger partial charge on any atom is -0.508 e. The number of phenols is 1. The zero-order valence-electron chi connectivity index (χ0n) is 10.6. The highest BCUT2D eigenvalue weighted by Gasteiger charge is 2.42. The van der Waals surface area contributed by atoms with E-state index < -0.39 is 0 Å². The molecule has 3 rings (SSSR count). The van der Waals surface area contributed by atoms with Gasteiger partial charge in [-0.15, -0.1) is 11.8 Å². The average Bonchev–Trinajstić information content (AvgIpc) is 2.65. The molecule has 102 valence electrons. The summed E-state index contributed by atoms with van der Waals surface area (Å²) >= 11 is 1.66. The number of hydrogen-bond donors (Lipinski definition) is 4. The lowest BCUT2D eigenvalue weighted by Gasteiger charge is -2.27. The van der Waals surface area contributed by atoms with Crippen LogP contribution < -0.4 is 16.2 Å². The van der Waals surface area contributed by atoms with E-state index in [2.05, 4.69) is 23.1 Å². The molecule has 1 aromatic rings. The number of fused-ring (bicyclic) bond motifs is 1. The molecule has 1 aromatic carbocycles. The molecule has 0 radical (unpaired) electrons. The molecular formula is C13H17N3O2S. The number of amides is 1. The van der Waals surface area contributed by atoms with E-state index in [-0.39, 0.29) is 35.0 Å². The molecule has 4 atom stereocenters. The van der Waals surface area contributed by atoms with Crippen molar-refractivity contribution in [1.82, 2.24) is 16.2 Å². The van der Waals surface area contributed by atoms with Gasteiger partial charge in [0.15, 0.2) is 0 Å². The van der Waals surface area contributed by atoms with Gasteiger partial charge in [0, 0.05) is 17.2 Å². The first kappa shape index (κ1) is 12.8. The van der Waals surface area contributed by atoms with Crippen molar-refractivity contribution < 1.29 is 9.90 Å². The molecule has 4 unspecified atom stereocenters. The van der Waals surface area contributed by atoms with Gasteiger partial charge in [-0.3, -0.25) is 10.2 Å². The molecule has 0 aliphatic carbocycles. The van der Waals surface area contributed by atoms with Gasteiger partial charge in [0.05, 0.1) is 11.9 Å². The van der Waals surface area contributed by atoms with E-state index >= 15 is 0 Å². The summed E-state index contributed by atoms with van der Waals surface area (Å²) in [6, 6.07) is 7.54. The van der Waals surface area contributed by atoms with Gasteiger partial charge in [-0.05, 0) is 24.6 Å². The maximum Gasteiger partial charge on any atom is 0.231 e. The summed E-state index contributed by atoms with van der Waals surface area (Å²) in [6.45, 7) is 2.11. The van der Waals surface area contributed by atoms with Gasteiger partial charge in [0.1, 0.15) is 5.75 Å². The lowest BCUT2D eigenvalue weighted by atomic mass is 9.91. The van der Waals surface area contributed by atoms with Crippen molar-refractivity contribution >= 4 is 17.7 Å². The smallest absolute Gasteiger partial charge is 0.231 e. The van der Waals surface area contributed by atoms with E-state index in [0.29, 0.717) is 5.75 Å². The van der Waals surface area contributed by atoms with Gasteiger partial charge in [-0.25, -0.2) is 5.43 Å². The minimum absolute atomic E-state index is 0.0451. The molecule has 0 spiro atoms. The minimum atomic E-state index is -0.0451. The molecule has 2 fully saturated rings. The summed E-state index contributed by atoms with van der Waals surface area (Å²) in [6.07, 6.45) is -0.0451. The number of benzene rings is 1. The molecule has 5 nitrogen and oxygen atoms in total. The zero-order valence-corrected chi connectivity index (χ0v) is 11.4. The fraction of sp³-hybridized carbons (Fsp3) is 0.462. The Bertz CT molecular complexity index is 479. The van der Waals surface area contributed by atoms with Crippen LogP contribution in [0.3, 0.4) is 0 Å². The van der Waals surface area contributed by atoms with Crippen LogP contribution in [0.5, 0.6) is 5.75 Å². The summed E-state index contributed by atoms with van der Waals surface area (Å²) in [5.74, 6) is 1.07. The Morgan fingerprint density at radius 1 is 1.26 bits per heavy atom. The molecule has 2 saturated heterocycles.